The average Bonchev–Trinajstić information content (AvgIpc) is 3.17. The molecule has 0 unspecified atom stereocenters. The molecule has 6 heteroatoms. The van der Waals surface area contributed by atoms with Crippen molar-refractivity contribution in [1.82, 2.24) is 10.1 Å². The molecule has 2 aromatic carbocycles. The third-order valence-corrected chi connectivity index (χ3v) is 4.04. The van der Waals surface area contributed by atoms with Gasteiger partial charge in [-0.25, -0.2) is 0 Å². The molecule has 3 rings (SSSR count). The van der Waals surface area contributed by atoms with Crippen molar-refractivity contribution in [3.63, 3.8) is 0 Å². The number of benzene rings is 2. The Bertz CT molecular complexity index is 841. The monoisotopic (exact) mass is 368 g/mol. The Morgan fingerprint density at radius 3 is 2.30 bits per heavy atom. The molecule has 0 fully saturated rings. The number of aliphatic hydroxyl groups excluding tert-OH is 2. The van der Waals surface area contributed by atoms with Crippen molar-refractivity contribution < 1.29 is 19.5 Å². The van der Waals surface area contributed by atoms with E-state index < -0.39 is 6.10 Å². The lowest BCUT2D eigenvalue weighted by Gasteiger charge is -2.09. The highest BCUT2D eigenvalue weighted by molar-refractivity contribution is 5.60. The summed E-state index contributed by atoms with van der Waals surface area (Å²) in [5, 5.41) is 22.2. The van der Waals surface area contributed by atoms with Crippen molar-refractivity contribution >= 4 is 0 Å². The molecule has 0 saturated carbocycles. The van der Waals surface area contributed by atoms with Gasteiger partial charge in [0.2, 0.25) is 5.82 Å². The number of hydrogen-bond acceptors (Lipinski definition) is 6. The molecular formula is C21H24N2O4. The summed E-state index contributed by atoms with van der Waals surface area (Å²) in [6.07, 6.45) is 0.149. The SMILES string of the molecule is CC(C)Cc1ccc(-c2nc(-c3ccc(OC[C@@H](O)CO)cc3)no2)cc1. The van der Waals surface area contributed by atoms with Gasteiger partial charge in [0.25, 0.3) is 5.89 Å². The summed E-state index contributed by atoms with van der Waals surface area (Å²) in [6.45, 7) is 4.10. The molecule has 2 N–H and O–H groups in total. The van der Waals surface area contributed by atoms with E-state index in [4.69, 9.17) is 14.4 Å². The largest absolute Gasteiger partial charge is 0.491 e. The van der Waals surface area contributed by atoms with Crippen molar-refractivity contribution in [1.29, 1.82) is 0 Å². The van der Waals surface area contributed by atoms with E-state index in [1.54, 1.807) is 12.1 Å². The van der Waals surface area contributed by atoms with Crippen LogP contribution in [0.2, 0.25) is 0 Å². The Balaban J connectivity index is 1.68. The minimum absolute atomic E-state index is 0.0367. The molecule has 1 aromatic heterocycles. The summed E-state index contributed by atoms with van der Waals surface area (Å²) in [4.78, 5) is 4.47. The first-order chi connectivity index (χ1) is 13.0. The summed E-state index contributed by atoms with van der Waals surface area (Å²) < 4.78 is 10.8. The number of rotatable bonds is 8. The lowest BCUT2D eigenvalue weighted by molar-refractivity contribution is 0.0536. The molecule has 0 aliphatic heterocycles. The molecule has 0 radical (unpaired) electrons. The summed E-state index contributed by atoms with van der Waals surface area (Å²) >= 11 is 0. The number of hydrogen-bond donors (Lipinski definition) is 2. The quantitative estimate of drug-likeness (QED) is 0.634. The Morgan fingerprint density at radius 2 is 1.67 bits per heavy atom. The Hall–Kier alpha value is -2.70. The first-order valence-electron chi connectivity index (χ1n) is 9.00. The summed E-state index contributed by atoms with van der Waals surface area (Å²) in [7, 11) is 0. The molecule has 0 aliphatic rings. The maximum Gasteiger partial charge on any atom is 0.258 e. The highest BCUT2D eigenvalue weighted by Crippen LogP contribution is 2.24. The zero-order chi connectivity index (χ0) is 19.2. The van der Waals surface area contributed by atoms with Gasteiger partial charge in [-0.3, -0.25) is 0 Å². The van der Waals surface area contributed by atoms with Gasteiger partial charge >= 0.3 is 0 Å². The van der Waals surface area contributed by atoms with Crippen molar-refractivity contribution in [3.05, 3.63) is 54.1 Å². The Morgan fingerprint density at radius 1 is 1.00 bits per heavy atom. The van der Waals surface area contributed by atoms with Gasteiger partial charge in [0.15, 0.2) is 0 Å². The van der Waals surface area contributed by atoms with Crippen LogP contribution in [0.25, 0.3) is 22.8 Å². The average molecular weight is 368 g/mol. The van der Waals surface area contributed by atoms with Gasteiger partial charge in [-0.15, -0.1) is 0 Å². The molecule has 6 nitrogen and oxygen atoms in total. The van der Waals surface area contributed by atoms with Crippen LogP contribution in [0, 0.1) is 5.92 Å². The first kappa shape index (κ1) is 19.1. The standard InChI is InChI=1S/C21H24N2O4/c1-14(2)11-15-3-5-17(6-4-15)21-22-20(23-27-21)16-7-9-19(10-8-16)26-13-18(25)12-24/h3-10,14,18,24-25H,11-13H2,1-2H3/t18-/m0/s1. The molecule has 0 spiro atoms. The van der Waals surface area contributed by atoms with Gasteiger partial charge in [0.05, 0.1) is 6.61 Å². The number of nitrogens with zero attached hydrogens (tertiary/aromatic N) is 2. The zero-order valence-electron chi connectivity index (χ0n) is 15.5. The minimum Gasteiger partial charge on any atom is -0.491 e. The maximum atomic E-state index is 9.32. The van der Waals surface area contributed by atoms with Crippen LogP contribution in [0.1, 0.15) is 19.4 Å². The predicted molar refractivity (Wildman–Crippen MR) is 102 cm³/mol. The number of ether oxygens (including phenoxy) is 1. The third kappa shape index (κ3) is 5.15. The van der Waals surface area contributed by atoms with Crippen molar-refractivity contribution in [2.24, 2.45) is 5.92 Å². The zero-order valence-corrected chi connectivity index (χ0v) is 15.5. The van der Waals surface area contributed by atoms with E-state index in [1.807, 2.05) is 24.3 Å². The van der Waals surface area contributed by atoms with Crippen LogP contribution in [-0.2, 0) is 6.42 Å². The smallest absolute Gasteiger partial charge is 0.258 e. The van der Waals surface area contributed by atoms with Crippen LogP contribution in [0.5, 0.6) is 5.75 Å². The van der Waals surface area contributed by atoms with Gasteiger partial charge in [-0.05, 0) is 54.3 Å². The van der Waals surface area contributed by atoms with Gasteiger partial charge in [-0.1, -0.05) is 31.1 Å². The molecule has 27 heavy (non-hydrogen) atoms. The number of aliphatic hydroxyl groups is 2. The molecular weight excluding hydrogens is 344 g/mol. The van der Waals surface area contributed by atoms with E-state index in [2.05, 4.69) is 36.1 Å². The maximum absolute atomic E-state index is 9.32. The highest BCUT2D eigenvalue weighted by Gasteiger charge is 2.11. The van der Waals surface area contributed by atoms with E-state index in [1.165, 1.54) is 5.56 Å². The molecule has 3 aromatic rings. The van der Waals surface area contributed by atoms with E-state index in [0.29, 0.717) is 23.4 Å². The van der Waals surface area contributed by atoms with Gasteiger partial charge < -0.3 is 19.5 Å². The second-order valence-corrected chi connectivity index (χ2v) is 6.89. The van der Waals surface area contributed by atoms with Crippen molar-refractivity contribution in [3.8, 4) is 28.6 Å². The molecule has 0 saturated heterocycles. The molecule has 142 valence electrons. The molecule has 1 atom stereocenters. The summed E-state index contributed by atoms with van der Waals surface area (Å²) in [5.41, 5.74) is 2.98. The first-order valence-corrected chi connectivity index (χ1v) is 9.00. The second-order valence-electron chi connectivity index (χ2n) is 6.89. The summed E-state index contributed by atoms with van der Waals surface area (Å²) in [5.74, 6) is 2.19. The van der Waals surface area contributed by atoms with E-state index in [0.717, 1.165) is 17.5 Å². The molecule has 0 amide bonds. The molecule has 0 bridgehead atoms. The van der Waals surface area contributed by atoms with E-state index in [9.17, 15) is 5.11 Å². The highest BCUT2D eigenvalue weighted by atomic mass is 16.5. The normalized spacial score (nSPS) is 12.3. The van der Waals surface area contributed by atoms with Crippen LogP contribution in [0.15, 0.2) is 53.1 Å². The Labute approximate surface area is 158 Å². The van der Waals surface area contributed by atoms with E-state index in [-0.39, 0.29) is 13.2 Å². The van der Waals surface area contributed by atoms with E-state index >= 15 is 0 Å². The topological polar surface area (TPSA) is 88.6 Å². The second kappa shape index (κ2) is 8.79. The Kier molecular flexibility index (Phi) is 6.21. The number of aromatic nitrogens is 2. The van der Waals surface area contributed by atoms with Crippen molar-refractivity contribution in [2.75, 3.05) is 13.2 Å². The third-order valence-electron chi connectivity index (χ3n) is 4.04. The lowest BCUT2D eigenvalue weighted by atomic mass is 10.0. The van der Waals surface area contributed by atoms with Crippen LogP contribution >= 0.6 is 0 Å². The van der Waals surface area contributed by atoms with Crippen LogP contribution in [-0.4, -0.2) is 39.7 Å². The van der Waals surface area contributed by atoms with Crippen LogP contribution in [0.4, 0.5) is 0 Å². The molecule has 0 aliphatic carbocycles. The fourth-order valence-electron chi connectivity index (χ4n) is 2.66. The fraction of sp³-hybridized carbons (Fsp3) is 0.333. The lowest BCUT2D eigenvalue weighted by Crippen LogP contribution is -2.21. The van der Waals surface area contributed by atoms with Gasteiger partial charge in [0, 0.05) is 11.1 Å². The van der Waals surface area contributed by atoms with Crippen LogP contribution < -0.4 is 4.74 Å². The van der Waals surface area contributed by atoms with Crippen molar-refractivity contribution in [2.45, 2.75) is 26.4 Å². The fourth-order valence-corrected chi connectivity index (χ4v) is 2.66. The molecule has 1 heterocycles. The van der Waals surface area contributed by atoms with Crippen LogP contribution in [0.3, 0.4) is 0 Å². The summed E-state index contributed by atoms with van der Waals surface area (Å²) in [6, 6.07) is 15.3. The van der Waals surface area contributed by atoms with Gasteiger partial charge in [0.1, 0.15) is 18.5 Å². The van der Waals surface area contributed by atoms with Gasteiger partial charge in [-0.2, -0.15) is 4.98 Å². The minimum atomic E-state index is -0.892. The predicted octanol–water partition coefficient (Wildman–Crippen LogP) is 3.33.